The molecule has 1 aromatic heterocycles. The number of carbonyl (C=O) groups excluding carboxylic acids is 1. The third kappa shape index (κ3) is 1.97. The van der Waals surface area contributed by atoms with Crippen LogP contribution >= 0.6 is 0 Å². The first-order chi connectivity index (χ1) is 5.34. The number of aromatic nitrogens is 1. The van der Waals surface area contributed by atoms with Crippen LogP contribution in [0.4, 0.5) is 4.39 Å². The van der Waals surface area contributed by atoms with Crippen molar-refractivity contribution in [3.05, 3.63) is 35.9 Å². The van der Waals surface area contributed by atoms with Crippen LogP contribution in [0.2, 0.25) is 0 Å². The second-order valence-corrected chi connectivity index (χ2v) is 1.87. The molecule has 0 N–H and O–H groups in total. The van der Waals surface area contributed by atoms with Gasteiger partial charge in [-0.1, -0.05) is 0 Å². The van der Waals surface area contributed by atoms with Gasteiger partial charge >= 0.3 is 0 Å². The molecular formula is C8H6FNO. The Hall–Kier alpha value is -1.51. The van der Waals surface area contributed by atoms with Gasteiger partial charge in [-0.2, -0.15) is 0 Å². The average Bonchev–Trinajstić information content (AvgIpc) is 2.03. The van der Waals surface area contributed by atoms with Crippen molar-refractivity contribution < 1.29 is 9.18 Å². The summed E-state index contributed by atoms with van der Waals surface area (Å²) in [7, 11) is 0. The Balaban J connectivity index is 2.94. The molecule has 1 heterocycles. The van der Waals surface area contributed by atoms with Gasteiger partial charge in [0.1, 0.15) is 12.1 Å². The van der Waals surface area contributed by atoms with E-state index in [4.69, 9.17) is 0 Å². The molecule has 0 unspecified atom stereocenters. The predicted octanol–water partition coefficient (Wildman–Crippen LogP) is 1.43. The van der Waals surface area contributed by atoms with Crippen molar-refractivity contribution in [2.45, 2.75) is 0 Å². The summed E-state index contributed by atoms with van der Waals surface area (Å²) in [5, 5.41) is 0. The molecule has 0 bridgehead atoms. The van der Waals surface area contributed by atoms with Gasteiger partial charge in [0, 0.05) is 6.20 Å². The van der Waals surface area contributed by atoms with E-state index in [0.29, 0.717) is 6.29 Å². The van der Waals surface area contributed by atoms with Crippen LogP contribution in [0.25, 0.3) is 6.08 Å². The number of carbonyl (C=O) groups is 1. The molecule has 0 radical (unpaired) electrons. The molecule has 1 rings (SSSR count). The Morgan fingerprint density at radius 3 is 3.00 bits per heavy atom. The molecule has 0 spiro atoms. The second kappa shape index (κ2) is 3.61. The van der Waals surface area contributed by atoms with E-state index in [-0.39, 0.29) is 5.69 Å². The lowest BCUT2D eigenvalue weighted by Crippen LogP contribution is -1.84. The summed E-state index contributed by atoms with van der Waals surface area (Å²) in [6.45, 7) is 0. The van der Waals surface area contributed by atoms with E-state index in [9.17, 15) is 9.18 Å². The van der Waals surface area contributed by atoms with Crippen LogP contribution in [-0.2, 0) is 4.79 Å². The molecule has 0 aliphatic heterocycles. The van der Waals surface area contributed by atoms with Gasteiger partial charge in [0.2, 0.25) is 0 Å². The van der Waals surface area contributed by atoms with Crippen LogP contribution in [0.1, 0.15) is 5.69 Å². The number of rotatable bonds is 2. The first-order valence-corrected chi connectivity index (χ1v) is 3.07. The van der Waals surface area contributed by atoms with Crippen molar-refractivity contribution >= 4 is 12.4 Å². The second-order valence-electron chi connectivity index (χ2n) is 1.87. The molecule has 0 aliphatic carbocycles. The minimum Gasteiger partial charge on any atom is -0.299 e. The summed E-state index contributed by atoms with van der Waals surface area (Å²) in [5.74, 6) is -0.425. The molecule has 3 heteroatoms. The monoisotopic (exact) mass is 151 g/mol. The zero-order chi connectivity index (χ0) is 8.10. The van der Waals surface area contributed by atoms with Gasteiger partial charge in [0.25, 0.3) is 0 Å². The van der Waals surface area contributed by atoms with Crippen LogP contribution in [-0.4, -0.2) is 11.3 Å². The number of halogens is 1. The lowest BCUT2D eigenvalue weighted by atomic mass is 10.3. The zero-order valence-corrected chi connectivity index (χ0v) is 5.70. The minimum atomic E-state index is -0.425. The van der Waals surface area contributed by atoms with Gasteiger partial charge in [0.15, 0.2) is 0 Å². The number of aldehydes is 1. The molecule has 0 saturated heterocycles. The topological polar surface area (TPSA) is 30.0 Å². The summed E-state index contributed by atoms with van der Waals surface area (Å²) >= 11 is 0. The number of pyridine rings is 1. The molecule has 0 aromatic carbocycles. The van der Waals surface area contributed by atoms with Crippen LogP contribution < -0.4 is 0 Å². The number of nitrogens with zero attached hydrogens (tertiary/aromatic N) is 1. The van der Waals surface area contributed by atoms with Crippen molar-refractivity contribution in [1.29, 1.82) is 0 Å². The fraction of sp³-hybridized carbons (Fsp3) is 0. The summed E-state index contributed by atoms with van der Waals surface area (Å²) in [6.07, 6.45) is 4.56. The van der Waals surface area contributed by atoms with Gasteiger partial charge in [-0.05, 0) is 24.3 Å². The summed E-state index contributed by atoms with van der Waals surface area (Å²) < 4.78 is 12.7. The Labute approximate surface area is 63.4 Å². The summed E-state index contributed by atoms with van der Waals surface area (Å²) in [5.41, 5.74) is 0.180. The van der Waals surface area contributed by atoms with Gasteiger partial charge in [0.05, 0.1) is 5.69 Å². The minimum absolute atomic E-state index is 0.180. The SMILES string of the molecule is O=CC=Cc1ncccc1F. The molecule has 0 amide bonds. The fourth-order valence-corrected chi connectivity index (χ4v) is 0.651. The number of hydrogen-bond acceptors (Lipinski definition) is 2. The Morgan fingerprint density at radius 1 is 1.55 bits per heavy atom. The smallest absolute Gasteiger partial charge is 0.148 e. The first kappa shape index (κ1) is 7.60. The highest BCUT2D eigenvalue weighted by Crippen LogP contribution is 2.03. The third-order valence-corrected chi connectivity index (χ3v) is 1.12. The molecule has 0 atom stereocenters. The van der Waals surface area contributed by atoms with E-state index in [2.05, 4.69) is 4.98 Å². The van der Waals surface area contributed by atoms with E-state index in [1.165, 1.54) is 30.5 Å². The summed E-state index contributed by atoms with van der Waals surface area (Å²) in [6, 6.07) is 2.78. The highest BCUT2D eigenvalue weighted by molar-refractivity contribution is 5.72. The molecule has 11 heavy (non-hydrogen) atoms. The maximum atomic E-state index is 12.7. The van der Waals surface area contributed by atoms with E-state index in [0.717, 1.165) is 0 Å². The molecule has 2 nitrogen and oxygen atoms in total. The average molecular weight is 151 g/mol. The molecule has 0 aliphatic rings. The first-order valence-electron chi connectivity index (χ1n) is 3.07. The lowest BCUT2D eigenvalue weighted by molar-refractivity contribution is -0.104. The number of hydrogen-bond donors (Lipinski definition) is 0. The van der Waals surface area contributed by atoms with Gasteiger partial charge in [-0.15, -0.1) is 0 Å². The van der Waals surface area contributed by atoms with E-state index >= 15 is 0 Å². The predicted molar refractivity (Wildman–Crippen MR) is 39.3 cm³/mol. The van der Waals surface area contributed by atoms with Crippen molar-refractivity contribution in [3.63, 3.8) is 0 Å². The Morgan fingerprint density at radius 2 is 2.36 bits per heavy atom. The van der Waals surface area contributed by atoms with E-state index in [1.807, 2.05) is 0 Å². The van der Waals surface area contributed by atoms with Gasteiger partial charge < -0.3 is 0 Å². The maximum absolute atomic E-state index is 12.7. The molecule has 1 aromatic rings. The van der Waals surface area contributed by atoms with Crippen LogP contribution in [0, 0.1) is 5.82 Å². The fourth-order valence-electron chi connectivity index (χ4n) is 0.651. The maximum Gasteiger partial charge on any atom is 0.148 e. The highest BCUT2D eigenvalue weighted by atomic mass is 19.1. The molecule has 0 saturated carbocycles. The van der Waals surface area contributed by atoms with Crippen molar-refractivity contribution in [2.75, 3.05) is 0 Å². The van der Waals surface area contributed by atoms with Crippen LogP contribution in [0.5, 0.6) is 0 Å². The van der Waals surface area contributed by atoms with Crippen LogP contribution in [0.3, 0.4) is 0 Å². The molecular weight excluding hydrogens is 145 g/mol. The van der Waals surface area contributed by atoms with Gasteiger partial charge in [-0.25, -0.2) is 4.39 Å². The third-order valence-electron chi connectivity index (χ3n) is 1.12. The normalized spacial score (nSPS) is 10.3. The highest BCUT2D eigenvalue weighted by Gasteiger charge is 1.94. The zero-order valence-electron chi connectivity index (χ0n) is 5.70. The van der Waals surface area contributed by atoms with E-state index < -0.39 is 5.82 Å². The van der Waals surface area contributed by atoms with E-state index in [1.54, 1.807) is 0 Å². The summed E-state index contributed by atoms with van der Waals surface area (Å²) in [4.78, 5) is 13.5. The van der Waals surface area contributed by atoms with Crippen molar-refractivity contribution in [2.24, 2.45) is 0 Å². The Bertz CT molecular complexity index is 283. The van der Waals surface area contributed by atoms with Crippen molar-refractivity contribution in [1.82, 2.24) is 4.98 Å². The van der Waals surface area contributed by atoms with Gasteiger partial charge in [-0.3, -0.25) is 9.78 Å². The standard InChI is InChI=1S/C8H6FNO/c9-7-3-1-5-10-8(7)4-2-6-11/h1-6H. The quantitative estimate of drug-likeness (QED) is 0.472. The van der Waals surface area contributed by atoms with Crippen LogP contribution in [0.15, 0.2) is 24.4 Å². The molecule has 0 fully saturated rings. The lowest BCUT2D eigenvalue weighted by Gasteiger charge is -1.91. The largest absolute Gasteiger partial charge is 0.299 e. The number of allylic oxidation sites excluding steroid dienone is 1. The Kier molecular flexibility index (Phi) is 2.49. The molecule has 56 valence electrons. The van der Waals surface area contributed by atoms with Crippen molar-refractivity contribution in [3.8, 4) is 0 Å².